The molecule has 4 rings (SSSR count). The van der Waals surface area contributed by atoms with Gasteiger partial charge in [0.1, 0.15) is 6.61 Å². The van der Waals surface area contributed by atoms with Gasteiger partial charge in [-0.05, 0) is 30.4 Å². The summed E-state index contributed by atoms with van der Waals surface area (Å²) in [6, 6.07) is 5.37. The highest BCUT2D eigenvalue weighted by atomic mass is 16.5. The second-order valence-corrected chi connectivity index (χ2v) is 6.71. The fourth-order valence-electron chi connectivity index (χ4n) is 4.21. The lowest BCUT2D eigenvalue weighted by molar-refractivity contribution is -0.140. The number of carbonyl (C=O) groups excluding carboxylic acids is 2. The van der Waals surface area contributed by atoms with Crippen LogP contribution in [0.25, 0.3) is 0 Å². The zero-order valence-electron chi connectivity index (χ0n) is 14.5. The molecule has 134 valence electrons. The molecule has 1 aromatic rings. The number of ether oxygens (including phenoxy) is 2. The van der Waals surface area contributed by atoms with Gasteiger partial charge in [0.2, 0.25) is 0 Å². The van der Waals surface area contributed by atoms with E-state index in [0.717, 1.165) is 11.4 Å². The van der Waals surface area contributed by atoms with Gasteiger partial charge >= 0.3 is 0 Å². The molecule has 4 unspecified atom stereocenters. The number of hydrazone groups is 1. The number of hydrogen-bond acceptors (Lipinski definition) is 5. The van der Waals surface area contributed by atoms with Gasteiger partial charge in [0.15, 0.2) is 11.5 Å². The van der Waals surface area contributed by atoms with Crippen molar-refractivity contribution in [3.8, 4) is 11.5 Å². The molecule has 1 aromatic carbocycles. The minimum absolute atomic E-state index is 0.171. The number of amides is 2. The molecular formula is C20H20N2O4. The Morgan fingerprint density at radius 2 is 1.92 bits per heavy atom. The third kappa shape index (κ3) is 2.44. The van der Waals surface area contributed by atoms with Crippen LogP contribution in [-0.2, 0) is 9.59 Å². The van der Waals surface area contributed by atoms with Crippen molar-refractivity contribution in [2.24, 2.45) is 28.8 Å². The van der Waals surface area contributed by atoms with Crippen molar-refractivity contribution in [1.82, 2.24) is 5.01 Å². The smallest absolute Gasteiger partial charge is 0.254 e. The van der Waals surface area contributed by atoms with Crippen LogP contribution < -0.4 is 9.47 Å². The number of fused-ring (bicyclic) bond motifs is 5. The molecule has 1 saturated heterocycles. The first-order chi connectivity index (χ1) is 12.7. The standard InChI is InChI=1S/C20H20N2O4/c1-3-9-26-18-14(5-4-6-15(18)25-2)11-21-22-19(23)16-12-7-8-13(10-12)17(16)20(22)24/h3-8,11-13,16-17H,1,9-10H2,2H3. The topological polar surface area (TPSA) is 68.2 Å². The zero-order chi connectivity index (χ0) is 18.3. The van der Waals surface area contributed by atoms with Gasteiger partial charge in [-0.15, -0.1) is 0 Å². The maximum Gasteiger partial charge on any atom is 0.254 e. The molecule has 6 nitrogen and oxygen atoms in total. The van der Waals surface area contributed by atoms with E-state index >= 15 is 0 Å². The van der Waals surface area contributed by atoms with Gasteiger partial charge in [0, 0.05) is 5.56 Å². The van der Waals surface area contributed by atoms with E-state index in [-0.39, 0.29) is 35.5 Å². The Kier molecular flexibility index (Phi) is 4.11. The van der Waals surface area contributed by atoms with Crippen LogP contribution in [0.3, 0.4) is 0 Å². The number of benzene rings is 1. The largest absolute Gasteiger partial charge is 0.493 e. The molecule has 0 radical (unpaired) electrons. The van der Waals surface area contributed by atoms with E-state index < -0.39 is 0 Å². The first-order valence-electron chi connectivity index (χ1n) is 8.66. The molecule has 26 heavy (non-hydrogen) atoms. The summed E-state index contributed by atoms with van der Waals surface area (Å²) in [7, 11) is 1.55. The summed E-state index contributed by atoms with van der Waals surface area (Å²) in [5.41, 5.74) is 0.630. The number of carbonyl (C=O) groups is 2. The Balaban J connectivity index is 1.60. The number of nitrogens with zero attached hydrogens (tertiary/aromatic N) is 2. The quantitative estimate of drug-likeness (QED) is 0.448. The highest BCUT2D eigenvalue weighted by Gasteiger charge is 2.59. The second-order valence-electron chi connectivity index (χ2n) is 6.71. The average molecular weight is 352 g/mol. The molecule has 6 heteroatoms. The highest BCUT2D eigenvalue weighted by Crippen LogP contribution is 2.52. The van der Waals surface area contributed by atoms with Crippen molar-refractivity contribution in [3.05, 3.63) is 48.6 Å². The Morgan fingerprint density at radius 3 is 2.54 bits per heavy atom. The summed E-state index contributed by atoms with van der Waals surface area (Å²) in [4.78, 5) is 25.4. The molecule has 2 aliphatic carbocycles. The van der Waals surface area contributed by atoms with Gasteiger partial charge in [-0.2, -0.15) is 10.1 Å². The molecule has 4 atom stereocenters. The lowest BCUT2D eigenvalue weighted by atomic mass is 9.85. The maximum atomic E-state index is 12.7. The van der Waals surface area contributed by atoms with Crippen molar-refractivity contribution < 1.29 is 19.1 Å². The number of methoxy groups -OCH3 is 1. The van der Waals surface area contributed by atoms with Crippen LogP contribution in [0.2, 0.25) is 0 Å². The lowest BCUT2D eigenvalue weighted by Crippen LogP contribution is -2.28. The fraction of sp³-hybridized carbons (Fsp3) is 0.350. The molecule has 3 aliphatic rings. The molecule has 1 heterocycles. The molecule has 2 amide bonds. The van der Waals surface area contributed by atoms with Gasteiger partial charge in [-0.3, -0.25) is 9.59 Å². The maximum absolute atomic E-state index is 12.7. The molecular weight excluding hydrogens is 332 g/mol. The van der Waals surface area contributed by atoms with E-state index in [1.807, 2.05) is 0 Å². The van der Waals surface area contributed by atoms with E-state index in [1.165, 1.54) is 6.21 Å². The van der Waals surface area contributed by atoms with E-state index in [4.69, 9.17) is 9.47 Å². The summed E-state index contributed by atoms with van der Waals surface area (Å²) in [5.74, 6) is 0.477. The third-order valence-electron chi connectivity index (χ3n) is 5.33. The van der Waals surface area contributed by atoms with Crippen LogP contribution in [-0.4, -0.2) is 36.8 Å². The molecule has 1 aliphatic heterocycles. The number of allylic oxidation sites excluding steroid dienone is 2. The fourth-order valence-corrected chi connectivity index (χ4v) is 4.21. The normalized spacial score (nSPS) is 28.9. The van der Waals surface area contributed by atoms with Gasteiger partial charge in [0.25, 0.3) is 11.8 Å². The van der Waals surface area contributed by atoms with E-state index in [9.17, 15) is 9.59 Å². The van der Waals surface area contributed by atoms with Crippen molar-refractivity contribution in [2.45, 2.75) is 6.42 Å². The third-order valence-corrected chi connectivity index (χ3v) is 5.33. The minimum atomic E-state index is -0.253. The lowest BCUT2D eigenvalue weighted by Gasteiger charge is -2.13. The molecule has 2 fully saturated rings. The summed E-state index contributed by atoms with van der Waals surface area (Å²) < 4.78 is 11.0. The average Bonchev–Trinajstić information content (AvgIpc) is 3.33. The second kappa shape index (κ2) is 6.44. The molecule has 0 aromatic heterocycles. The minimum Gasteiger partial charge on any atom is -0.493 e. The van der Waals surface area contributed by atoms with Crippen LogP contribution >= 0.6 is 0 Å². The zero-order valence-corrected chi connectivity index (χ0v) is 14.5. The Bertz CT molecular complexity index is 799. The summed E-state index contributed by atoms with van der Waals surface area (Å²) >= 11 is 0. The van der Waals surface area contributed by atoms with Crippen LogP contribution in [0.4, 0.5) is 0 Å². The van der Waals surface area contributed by atoms with Crippen molar-refractivity contribution in [3.63, 3.8) is 0 Å². The van der Waals surface area contributed by atoms with Gasteiger partial charge < -0.3 is 9.47 Å². The van der Waals surface area contributed by atoms with Crippen LogP contribution in [0.15, 0.2) is 48.1 Å². The number of hydrogen-bond donors (Lipinski definition) is 0. The predicted octanol–water partition coefficient (Wildman–Crippen LogP) is 2.40. The monoisotopic (exact) mass is 352 g/mol. The molecule has 0 N–H and O–H groups in total. The number of rotatable bonds is 6. The van der Waals surface area contributed by atoms with Crippen LogP contribution in [0.5, 0.6) is 11.5 Å². The predicted molar refractivity (Wildman–Crippen MR) is 95.9 cm³/mol. The van der Waals surface area contributed by atoms with Crippen molar-refractivity contribution in [2.75, 3.05) is 13.7 Å². The SMILES string of the molecule is C=CCOc1c(C=NN2C(=O)C3C4C=CC(C4)C3C2=O)cccc1OC. The van der Waals surface area contributed by atoms with E-state index in [1.54, 1.807) is 31.4 Å². The highest BCUT2D eigenvalue weighted by molar-refractivity contribution is 6.07. The van der Waals surface area contributed by atoms with Crippen molar-refractivity contribution >= 4 is 18.0 Å². The van der Waals surface area contributed by atoms with E-state index in [2.05, 4.69) is 23.8 Å². The first kappa shape index (κ1) is 16.6. The molecule has 1 saturated carbocycles. The Morgan fingerprint density at radius 1 is 1.23 bits per heavy atom. The van der Waals surface area contributed by atoms with Gasteiger partial charge in [0.05, 0.1) is 25.2 Å². The van der Waals surface area contributed by atoms with Crippen molar-refractivity contribution in [1.29, 1.82) is 0 Å². The van der Waals surface area contributed by atoms with Crippen LogP contribution in [0, 0.1) is 23.7 Å². The summed E-state index contributed by atoms with van der Waals surface area (Å²) in [6.45, 7) is 3.95. The molecule has 0 spiro atoms. The van der Waals surface area contributed by atoms with E-state index in [0.29, 0.717) is 23.7 Å². The summed E-state index contributed by atoms with van der Waals surface area (Å²) in [6.07, 6.45) is 8.14. The summed E-state index contributed by atoms with van der Waals surface area (Å²) in [5, 5.41) is 5.22. The van der Waals surface area contributed by atoms with Gasteiger partial charge in [-0.25, -0.2) is 0 Å². The molecule has 2 bridgehead atoms. The first-order valence-corrected chi connectivity index (χ1v) is 8.66. The number of imide groups is 1. The van der Waals surface area contributed by atoms with Crippen LogP contribution in [0.1, 0.15) is 12.0 Å². The Labute approximate surface area is 151 Å². The Hall–Kier alpha value is -2.89. The number of para-hydroxylation sites is 1. The van der Waals surface area contributed by atoms with Gasteiger partial charge in [-0.1, -0.05) is 30.9 Å².